The molecule has 0 aliphatic heterocycles. The summed E-state index contributed by atoms with van der Waals surface area (Å²) in [5.74, 6) is -1.67. The van der Waals surface area contributed by atoms with Gasteiger partial charge in [0, 0.05) is 6.04 Å². The van der Waals surface area contributed by atoms with E-state index in [-0.39, 0.29) is 51.2 Å². The maximum atomic E-state index is 12.5. The molecule has 1 fully saturated rings. The van der Waals surface area contributed by atoms with Crippen LogP contribution >= 0.6 is 23.2 Å². The van der Waals surface area contributed by atoms with Crippen LogP contribution in [0.3, 0.4) is 0 Å². The monoisotopic (exact) mass is 496 g/mol. The van der Waals surface area contributed by atoms with E-state index in [2.05, 4.69) is 5.32 Å². The fourth-order valence-electron chi connectivity index (χ4n) is 3.09. The number of carbonyl (C=O) groups is 3. The van der Waals surface area contributed by atoms with Crippen molar-refractivity contribution in [3.63, 3.8) is 0 Å². The number of amides is 2. The second kappa shape index (κ2) is 10.6. The highest BCUT2D eigenvalue weighted by atomic mass is 35.5. The van der Waals surface area contributed by atoms with Crippen LogP contribution in [0.15, 0.2) is 30.3 Å². The molecule has 1 aliphatic rings. The van der Waals surface area contributed by atoms with Crippen LogP contribution in [0, 0.1) is 0 Å². The van der Waals surface area contributed by atoms with Gasteiger partial charge in [0.25, 0.3) is 5.91 Å². The van der Waals surface area contributed by atoms with Crippen molar-refractivity contribution in [3.8, 4) is 17.2 Å². The maximum absolute atomic E-state index is 12.5. The SMILES string of the molecule is CCOC(=O)N(CC(=O)O)c1cc(Cl)c(Oc2ccc(O)c(C(=O)NC3CCC3)c2)c(Cl)c1. The minimum absolute atomic E-state index is 0.00858. The molecule has 33 heavy (non-hydrogen) atoms. The first-order chi connectivity index (χ1) is 15.7. The first kappa shape index (κ1) is 24.5. The van der Waals surface area contributed by atoms with Crippen LogP contribution in [0.2, 0.25) is 10.0 Å². The lowest BCUT2D eigenvalue weighted by Gasteiger charge is -2.26. The number of aromatic hydroxyl groups is 1. The molecular formula is C22H22Cl2N2O7. The van der Waals surface area contributed by atoms with Gasteiger partial charge in [-0.25, -0.2) is 4.79 Å². The smallest absolute Gasteiger partial charge is 0.414 e. The highest BCUT2D eigenvalue weighted by Crippen LogP contribution is 2.40. The Hall–Kier alpha value is -3.17. The second-order valence-corrected chi connectivity index (χ2v) is 8.11. The number of aliphatic carboxylic acids is 1. The Morgan fingerprint density at radius 1 is 1.15 bits per heavy atom. The summed E-state index contributed by atoms with van der Waals surface area (Å²) in [7, 11) is 0. The van der Waals surface area contributed by atoms with E-state index in [9.17, 15) is 19.5 Å². The zero-order valence-corrected chi connectivity index (χ0v) is 19.2. The lowest BCUT2D eigenvalue weighted by Crippen LogP contribution is -2.39. The van der Waals surface area contributed by atoms with E-state index in [1.54, 1.807) is 6.92 Å². The average Bonchev–Trinajstić information content (AvgIpc) is 2.72. The van der Waals surface area contributed by atoms with Gasteiger partial charge in [0.2, 0.25) is 0 Å². The van der Waals surface area contributed by atoms with Gasteiger partial charge in [-0.05, 0) is 56.5 Å². The van der Waals surface area contributed by atoms with Crippen LogP contribution in [0.25, 0.3) is 0 Å². The summed E-state index contributed by atoms with van der Waals surface area (Å²) in [6.45, 7) is 0.977. The van der Waals surface area contributed by atoms with Crippen molar-refractivity contribution in [2.45, 2.75) is 32.2 Å². The zero-order chi connectivity index (χ0) is 24.1. The van der Waals surface area contributed by atoms with Gasteiger partial charge >= 0.3 is 12.1 Å². The maximum Gasteiger partial charge on any atom is 0.414 e. The molecule has 9 nitrogen and oxygen atoms in total. The number of benzene rings is 2. The summed E-state index contributed by atoms with van der Waals surface area (Å²) in [4.78, 5) is 36.7. The van der Waals surface area contributed by atoms with E-state index in [1.165, 1.54) is 30.3 Å². The molecule has 2 aromatic carbocycles. The summed E-state index contributed by atoms with van der Waals surface area (Å²) in [5, 5.41) is 22.0. The van der Waals surface area contributed by atoms with Gasteiger partial charge in [0.15, 0.2) is 5.75 Å². The Morgan fingerprint density at radius 2 is 1.82 bits per heavy atom. The van der Waals surface area contributed by atoms with Gasteiger partial charge in [-0.15, -0.1) is 0 Å². The van der Waals surface area contributed by atoms with E-state index in [0.29, 0.717) is 0 Å². The summed E-state index contributed by atoms with van der Waals surface area (Å²) in [5.41, 5.74) is 0.141. The molecular weight excluding hydrogens is 475 g/mol. The number of phenolic OH excluding ortho intramolecular Hbond substituents is 1. The highest BCUT2D eigenvalue weighted by molar-refractivity contribution is 6.37. The molecule has 0 saturated heterocycles. The summed E-state index contributed by atoms with van der Waals surface area (Å²) < 4.78 is 10.6. The fraction of sp³-hybridized carbons (Fsp3) is 0.318. The van der Waals surface area contributed by atoms with Crippen molar-refractivity contribution in [2.24, 2.45) is 0 Å². The van der Waals surface area contributed by atoms with Crippen molar-refractivity contribution in [1.82, 2.24) is 5.32 Å². The first-order valence-electron chi connectivity index (χ1n) is 10.2. The Kier molecular flexibility index (Phi) is 7.88. The fourth-order valence-corrected chi connectivity index (χ4v) is 3.64. The van der Waals surface area contributed by atoms with Crippen LogP contribution < -0.4 is 15.0 Å². The minimum atomic E-state index is -1.26. The summed E-state index contributed by atoms with van der Waals surface area (Å²) in [6.07, 6.45) is 1.96. The van der Waals surface area contributed by atoms with Gasteiger partial charge in [-0.3, -0.25) is 14.5 Å². The van der Waals surface area contributed by atoms with Gasteiger partial charge < -0.3 is 25.0 Å². The third-order valence-electron chi connectivity index (χ3n) is 4.95. The van der Waals surface area contributed by atoms with Crippen LogP contribution in [-0.4, -0.2) is 47.4 Å². The van der Waals surface area contributed by atoms with Gasteiger partial charge in [-0.1, -0.05) is 23.2 Å². The quantitative estimate of drug-likeness (QED) is 0.478. The number of carboxylic acid groups (broad SMARTS) is 1. The molecule has 0 atom stereocenters. The molecule has 2 aromatic rings. The van der Waals surface area contributed by atoms with Crippen molar-refractivity contribution in [1.29, 1.82) is 0 Å². The number of anilines is 1. The van der Waals surface area contributed by atoms with Crippen molar-refractivity contribution >= 4 is 46.9 Å². The van der Waals surface area contributed by atoms with Crippen LogP contribution in [0.5, 0.6) is 17.2 Å². The Labute approximate surface area is 199 Å². The van der Waals surface area contributed by atoms with Crippen LogP contribution in [0.4, 0.5) is 10.5 Å². The number of phenols is 1. The molecule has 176 valence electrons. The molecule has 3 N–H and O–H groups in total. The van der Waals surface area contributed by atoms with E-state index in [4.69, 9.17) is 37.8 Å². The molecule has 0 aromatic heterocycles. The predicted octanol–water partition coefficient (Wildman–Crippen LogP) is 4.82. The molecule has 3 rings (SSSR count). The molecule has 2 amide bonds. The standard InChI is InChI=1S/C22H22Cl2N2O7/c1-2-32-22(31)26(11-19(28)29)13-8-16(23)20(17(24)9-13)33-14-6-7-18(27)15(10-14)21(30)25-12-4-3-5-12/h6-10,12,27H,2-5,11H2,1H3,(H,25,30)(H,28,29). The third-order valence-corrected chi connectivity index (χ3v) is 5.51. The van der Waals surface area contributed by atoms with Crippen LogP contribution in [-0.2, 0) is 9.53 Å². The Bertz CT molecular complexity index is 1050. The molecule has 11 heteroatoms. The minimum Gasteiger partial charge on any atom is -0.507 e. The van der Waals surface area contributed by atoms with Crippen LogP contribution in [0.1, 0.15) is 36.5 Å². The molecule has 1 aliphatic carbocycles. The molecule has 0 unspecified atom stereocenters. The van der Waals surface area contributed by atoms with Crippen molar-refractivity contribution < 1.29 is 34.1 Å². The van der Waals surface area contributed by atoms with E-state index in [1.807, 2.05) is 0 Å². The number of ether oxygens (including phenoxy) is 2. The summed E-state index contributed by atoms with van der Waals surface area (Å²) >= 11 is 12.6. The lowest BCUT2D eigenvalue weighted by atomic mass is 9.93. The first-order valence-corrected chi connectivity index (χ1v) is 10.9. The Morgan fingerprint density at radius 3 is 2.36 bits per heavy atom. The number of carboxylic acids is 1. The molecule has 0 bridgehead atoms. The second-order valence-electron chi connectivity index (χ2n) is 7.30. The number of hydrogen-bond acceptors (Lipinski definition) is 6. The van der Waals surface area contributed by atoms with E-state index >= 15 is 0 Å². The third kappa shape index (κ3) is 6.00. The average molecular weight is 497 g/mol. The zero-order valence-electron chi connectivity index (χ0n) is 17.6. The van der Waals surface area contributed by atoms with E-state index < -0.39 is 24.5 Å². The number of carbonyl (C=O) groups excluding carboxylic acids is 2. The topological polar surface area (TPSA) is 125 Å². The molecule has 0 radical (unpaired) electrons. The lowest BCUT2D eigenvalue weighted by molar-refractivity contribution is -0.135. The highest BCUT2D eigenvalue weighted by Gasteiger charge is 2.24. The van der Waals surface area contributed by atoms with Gasteiger partial charge in [0.1, 0.15) is 18.0 Å². The molecule has 0 spiro atoms. The number of nitrogens with one attached hydrogen (secondary N) is 1. The van der Waals surface area contributed by atoms with Gasteiger partial charge in [-0.2, -0.15) is 0 Å². The van der Waals surface area contributed by atoms with E-state index in [0.717, 1.165) is 24.2 Å². The van der Waals surface area contributed by atoms with Crippen molar-refractivity contribution in [2.75, 3.05) is 18.1 Å². The Balaban J connectivity index is 1.85. The number of rotatable bonds is 8. The predicted molar refractivity (Wildman–Crippen MR) is 122 cm³/mol. The largest absolute Gasteiger partial charge is 0.507 e. The summed E-state index contributed by atoms with van der Waals surface area (Å²) in [6, 6.07) is 6.83. The number of nitrogens with zero attached hydrogens (tertiary/aromatic N) is 1. The normalized spacial score (nSPS) is 13.1. The van der Waals surface area contributed by atoms with Gasteiger partial charge in [0.05, 0.1) is 27.9 Å². The molecule has 0 heterocycles. The number of halogens is 2. The number of hydrogen-bond donors (Lipinski definition) is 3. The molecule has 1 saturated carbocycles. The van der Waals surface area contributed by atoms with Crippen molar-refractivity contribution in [3.05, 3.63) is 45.9 Å².